The normalized spacial score (nSPS) is 15.9. The number of aromatic nitrogens is 4. The molecule has 11 heteroatoms. The Kier molecular flexibility index (Phi) is 6.79. The summed E-state index contributed by atoms with van der Waals surface area (Å²) in [7, 11) is 0. The van der Waals surface area contributed by atoms with Crippen LogP contribution in [0, 0.1) is 0 Å². The summed E-state index contributed by atoms with van der Waals surface area (Å²) in [5, 5.41) is 3.38. The summed E-state index contributed by atoms with van der Waals surface area (Å²) >= 11 is 0. The van der Waals surface area contributed by atoms with Crippen LogP contribution < -0.4 is 11.1 Å². The lowest BCUT2D eigenvalue weighted by atomic mass is 10.1. The number of benzene rings is 1. The standard InChI is InChI=1S/C25H30N8O3/c26-22(36)17-6-8-18(9-7-17)23-29-24(27-10-3-13-31-11-1-4-19(31)34)21-25(30-23)33(16-28-21)15-14-32-12-2-5-20(32)35/h6-9,16H,1-5,10-15H2,(H2,26,36)(H,27,29,30). The van der Waals surface area contributed by atoms with Crippen molar-refractivity contribution in [2.75, 3.05) is 38.0 Å². The van der Waals surface area contributed by atoms with E-state index in [1.165, 1.54) is 0 Å². The number of anilines is 1. The van der Waals surface area contributed by atoms with Crippen LogP contribution in [0.15, 0.2) is 30.6 Å². The topological polar surface area (TPSA) is 139 Å². The number of amides is 3. The number of carbonyl (C=O) groups excluding carboxylic acids is 3. The Morgan fingerprint density at radius 1 is 0.944 bits per heavy atom. The Balaban J connectivity index is 1.39. The number of nitrogens with zero attached hydrogens (tertiary/aromatic N) is 6. The van der Waals surface area contributed by atoms with Crippen LogP contribution in [0.1, 0.15) is 42.5 Å². The highest BCUT2D eigenvalue weighted by Crippen LogP contribution is 2.25. The SMILES string of the molecule is NC(=O)c1ccc(-c2nc(NCCCN3CCCC3=O)c3ncn(CCN4CCCC4=O)c3n2)cc1. The van der Waals surface area contributed by atoms with E-state index in [1.807, 2.05) is 14.4 Å². The summed E-state index contributed by atoms with van der Waals surface area (Å²) in [5.41, 5.74) is 7.86. The van der Waals surface area contributed by atoms with Crippen LogP contribution in [-0.2, 0) is 16.1 Å². The third kappa shape index (κ3) is 5.00. The van der Waals surface area contributed by atoms with Crippen molar-refractivity contribution < 1.29 is 14.4 Å². The maximum absolute atomic E-state index is 12.0. The molecule has 0 saturated carbocycles. The van der Waals surface area contributed by atoms with Gasteiger partial charge in [-0.05, 0) is 31.4 Å². The molecule has 3 aromatic rings. The Labute approximate surface area is 208 Å². The first kappa shape index (κ1) is 23.7. The summed E-state index contributed by atoms with van der Waals surface area (Å²) in [6.45, 7) is 4.13. The van der Waals surface area contributed by atoms with Crippen LogP contribution in [-0.4, -0.2) is 79.8 Å². The Bertz CT molecular complexity index is 1290. The van der Waals surface area contributed by atoms with Gasteiger partial charge in [0.1, 0.15) is 5.52 Å². The van der Waals surface area contributed by atoms with E-state index >= 15 is 0 Å². The van der Waals surface area contributed by atoms with Gasteiger partial charge < -0.3 is 25.4 Å². The van der Waals surface area contributed by atoms with Crippen molar-refractivity contribution in [1.82, 2.24) is 29.3 Å². The molecule has 5 rings (SSSR count). The quantitative estimate of drug-likeness (QED) is 0.412. The summed E-state index contributed by atoms with van der Waals surface area (Å²) in [6, 6.07) is 6.85. The fourth-order valence-corrected chi connectivity index (χ4v) is 4.73. The van der Waals surface area contributed by atoms with Crippen LogP contribution in [0.5, 0.6) is 0 Å². The lowest BCUT2D eigenvalue weighted by molar-refractivity contribution is -0.128. The van der Waals surface area contributed by atoms with E-state index in [-0.39, 0.29) is 11.8 Å². The van der Waals surface area contributed by atoms with Gasteiger partial charge in [0, 0.05) is 63.2 Å². The summed E-state index contributed by atoms with van der Waals surface area (Å²) in [6.07, 6.45) is 5.59. The third-order valence-corrected chi connectivity index (χ3v) is 6.74. The highest BCUT2D eigenvalue weighted by molar-refractivity contribution is 5.93. The minimum absolute atomic E-state index is 0.183. The van der Waals surface area contributed by atoms with Gasteiger partial charge in [0.25, 0.3) is 0 Å². The van der Waals surface area contributed by atoms with E-state index in [0.29, 0.717) is 67.4 Å². The number of rotatable bonds is 10. The number of carbonyl (C=O) groups is 3. The molecular weight excluding hydrogens is 460 g/mol. The highest BCUT2D eigenvalue weighted by Gasteiger charge is 2.21. The van der Waals surface area contributed by atoms with E-state index in [4.69, 9.17) is 15.7 Å². The lowest BCUT2D eigenvalue weighted by Gasteiger charge is -2.16. The van der Waals surface area contributed by atoms with Gasteiger partial charge in [-0.1, -0.05) is 12.1 Å². The van der Waals surface area contributed by atoms with Crippen molar-refractivity contribution >= 4 is 34.7 Å². The fourth-order valence-electron chi connectivity index (χ4n) is 4.73. The molecule has 3 N–H and O–H groups in total. The van der Waals surface area contributed by atoms with Gasteiger partial charge in [0.2, 0.25) is 17.7 Å². The minimum atomic E-state index is -0.494. The zero-order valence-corrected chi connectivity index (χ0v) is 20.2. The lowest BCUT2D eigenvalue weighted by Crippen LogP contribution is -2.28. The molecule has 0 atom stereocenters. The molecule has 11 nitrogen and oxygen atoms in total. The van der Waals surface area contributed by atoms with Crippen LogP contribution in [0.4, 0.5) is 5.82 Å². The maximum Gasteiger partial charge on any atom is 0.248 e. The molecule has 0 spiro atoms. The third-order valence-electron chi connectivity index (χ3n) is 6.74. The van der Waals surface area contributed by atoms with Gasteiger partial charge in [-0.15, -0.1) is 0 Å². The zero-order valence-electron chi connectivity index (χ0n) is 20.2. The number of imidazole rings is 1. The van der Waals surface area contributed by atoms with Gasteiger partial charge in [-0.25, -0.2) is 15.0 Å². The van der Waals surface area contributed by atoms with Gasteiger partial charge in [0.15, 0.2) is 17.3 Å². The molecule has 0 aliphatic carbocycles. The van der Waals surface area contributed by atoms with Crippen LogP contribution >= 0.6 is 0 Å². The number of nitrogens with one attached hydrogen (secondary N) is 1. The zero-order chi connectivity index (χ0) is 25.1. The molecule has 2 aliphatic heterocycles. The second-order valence-corrected chi connectivity index (χ2v) is 9.20. The van der Waals surface area contributed by atoms with E-state index in [1.54, 1.807) is 30.6 Å². The Morgan fingerprint density at radius 3 is 2.28 bits per heavy atom. The molecule has 2 aromatic heterocycles. The van der Waals surface area contributed by atoms with Crippen LogP contribution in [0.3, 0.4) is 0 Å². The first-order valence-electron chi connectivity index (χ1n) is 12.4. The monoisotopic (exact) mass is 490 g/mol. The molecule has 36 heavy (non-hydrogen) atoms. The smallest absolute Gasteiger partial charge is 0.248 e. The number of primary amides is 1. The molecular formula is C25H30N8O3. The first-order valence-corrected chi connectivity index (χ1v) is 12.4. The van der Waals surface area contributed by atoms with Crippen LogP contribution in [0.2, 0.25) is 0 Å². The second kappa shape index (κ2) is 10.3. The van der Waals surface area contributed by atoms with Gasteiger partial charge >= 0.3 is 0 Å². The van der Waals surface area contributed by atoms with Crippen molar-refractivity contribution in [2.24, 2.45) is 5.73 Å². The van der Waals surface area contributed by atoms with Gasteiger partial charge in [-0.3, -0.25) is 14.4 Å². The minimum Gasteiger partial charge on any atom is -0.368 e. The van der Waals surface area contributed by atoms with Gasteiger partial charge in [-0.2, -0.15) is 0 Å². The van der Waals surface area contributed by atoms with Crippen molar-refractivity contribution in [1.29, 1.82) is 0 Å². The molecule has 4 heterocycles. The summed E-state index contributed by atoms with van der Waals surface area (Å²) < 4.78 is 1.94. The summed E-state index contributed by atoms with van der Waals surface area (Å²) in [4.78, 5) is 53.2. The first-order chi connectivity index (χ1) is 17.5. The number of hydrogen-bond donors (Lipinski definition) is 2. The maximum atomic E-state index is 12.0. The number of fused-ring (bicyclic) bond motifs is 1. The molecule has 1 aromatic carbocycles. The predicted octanol–water partition coefficient (Wildman–Crippen LogP) is 1.64. The second-order valence-electron chi connectivity index (χ2n) is 9.20. The summed E-state index contributed by atoms with van der Waals surface area (Å²) in [5.74, 6) is 1.01. The Morgan fingerprint density at radius 2 is 1.64 bits per heavy atom. The molecule has 2 aliphatic rings. The Hall–Kier alpha value is -4.02. The van der Waals surface area contributed by atoms with Crippen molar-refractivity contribution in [3.05, 3.63) is 36.2 Å². The molecule has 0 bridgehead atoms. The molecule has 0 radical (unpaired) electrons. The van der Waals surface area contributed by atoms with E-state index in [9.17, 15) is 14.4 Å². The molecule has 3 amide bonds. The highest BCUT2D eigenvalue weighted by atomic mass is 16.2. The molecule has 0 unspecified atom stereocenters. The van der Waals surface area contributed by atoms with E-state index in [0.717, 1.165) is 37.9 Å². The average molecular weight is 491 g/mol. The molecule has 188 valence electrons. The number of nitrogens with two attached hydrogens (primary N) is 1. The van der Waals surface area contributed by atoms with Gasteiger partial charge in [0.05, 0.1) is 6.33 Å². The van der Waals surface area contributed by atoms with Crippen molar-refractivity contribution in [3.63, 3.8) is 0 Å². The van der Waals surface area contributed by atoms with Crippen molar-refractivity contribution in [2.45, 2.75) is 38.6 Å². The number of hydrogen-bond acceptors (Lipinski definition) is 7. The van der Waals surface area contributed by atoms with Crippen LogP contribution in [0.25, 0.3) is 22.6 Å². The predicted molar refractivity (Wildman–Crippen MR) is 134 cm³/mol. The number of likely N-dealkylation sites (tertiary alicyclic amines) is 2. The molecule has 2 fully saturated rings. The fraction of sp³-hybridized carbons (Fsp3) is 0.440. The molecule has 2 saturated heterocycles. The van der Waals surface area contributed by atoms with E-state index in [2.05, 4.69) is 10.3 Å². The average Bonchev–Trinajstić information content (AvgIpc) is 3.60. The van der Waals surface area contributed by atoms with E-state index < -0.39 is 5.91 Å². The van der Waals surface area contributed by atoms with Crippen molar-refractivity contribution in [3.8, 4) is 11.4 Å². The largest absolute Gasteiger partial charge is 0.368 e.